The van der Waals surface area contributed by atoms with Crippen molar-refractivity contribution in [2.75, 3.05) is 4.90 Å². The van der Waals surface area contributed by atoms with Crippen LogP contribution in [0.5, 0.6) is 0 Å². The molecule has 0 radical (unpaired) electrons. The van der Waals surface area contributed by atoms with E-state index >= 15 is 0 Å². The van der Waals surface area contributed by atoms with Crippen LogP contribution in [0.3, 0.4) is 0 Å². The van der Waals surface area contributed by atoms with Gasteiger partial charge in [-0.05, 0) is 115 Å². The molecule has 0 saturated heterocycles. The van der Waals surface area contributed by atoms with E-state index in [1.54, 1.807) is 0 Å². The van der Waals surface area contributed by atoms with Gasteiger partial charge in [0.25, 0.3) is 0 Å². The maximum Gasteiger partial charge on any atom is 0.0467 e. The molecule has 0 saturated carbocycles. The van der Waals surface area contributed by atoms with Gasteiger partial charge in [0.15, 0.2) is 0 Å². The lowest BCUT2D eigenvalue weighted by Crippen LogP contribution is -2.16. The molecule has 0 amide bonds. The summed E-state index contributed by atoms with van der Waals surface area (Å²) in [6.07, 6.45) is 0. The highest BCUT2D eigenvalue weighted by Crippen LogP contribution is 2.50. The van der Waals surface area contributed by atoms with E-state index < -0.39 is 0 Å². The van der Waals surface area contributed by atoms with Gasteiger partial charge >= 0.3 is 0 Å². The summed E-state index contributed by atoms with van der Waals surface area (Å²) in [6.45, 7) is 4.70. The van der Waals surface area contributed by atoms with E-state index in [1.165, 1.54) is 66.4 Å². The van der Waals surface area contributed by atoms with Gasteiger partial charge in [-0.15, -0.1) is 0 Å². The largest absolute Gasteiger partial charge is 0.310 e. The van der Waals surface area contributed by atoms with E-state index in [0.29, 0.717) is 0 Å². The normalized spacial score (nSPS) is 12.8. The summed E-state index contributed by atoms with van der Waals surface area (Å²) >= 11 is 0. The Morgan fingerprint density at radius 3 is 1.68 bits per heavy atom. The third-order valence-corrected chi connectivity index (χ3v) is 10.4. The van der Waals surface area contributed by atoms with Gasteiger partial charge in [-0.2, -0.15) is 0 Å². The zero-order valence-corrected chi connectivity index (χ0v) is 28.3. The van der Waals surface area contributed by atoms with Gasteiger partial charge in [-0.25, -0.2) is 0 Å². The summed E-state index contributed by atoms with van der Waals surface area (Å²) in [5, 5.41) is 2.52. The number of rotatable bonds is 6. The predicted octanol–water partition coefficient (Wildman–Crippen LogP) is 13.6. The van der Waals surface area contributed by atoms with Gasteiger partial charge in [-0.3, -0.25) is 0 Å². The van der Waals surface area contributed by atoms with E-state index in [1.807, 2.05) is 0 Å². The third-order valence-electron chi connectivity index (χ3n) is 10.4. The lowest BCUT2D eigenvalue weighted by molar-refractivity contribution is 0.660. The first kappa shape index (κ1) is 29.9. The molecule has 1 aliphatic carbocycles. The summed E-state index contributed by atoms with van der Waals surface area (Å²) in [5.74, 6) is 0. The van der Waals surface area contributed by atoms with Crippen molar-refractivity contribution < 1.29 is 0 Å². The Hall–Kier alpha value is -6.18. The fourth-order valence-electron chi connectivity index (χ4n) is 7.78. The Morgan fingerprint density at radius 1 is 0.320 bits per heavy atom. The van der Waals surface area contributed by atoms with Crippen LogP contribution in [0.4, 0.5) is 17.1 Å². The number of fused-ring (bicyclic) bond motifs is 4. The fourth-order valence-corrected chi connectivity index (χ4v) is 7.78. The minimum absolute atomic E-state index is 0.0839. The van der Waals surface area contributed by atoms with E-state index in [2.05, 4.69) is 207 Å². The second kappa shape index (κ2) is 12.1. The summed E-state index contributed by atoms with van der Waals surface area (Å²) in [5.41, 5.74) is 16.0. The summed E-state index contributed by atoms with van der Waals surface area (Å²) in [4.78, 5) is 2.40. The second-order valence-electron chi connectivity index (χ2n) is 13.8. The maximum absolute atomic E-state index is 2.41. The Labute approximate surface area is 294 Å². The Bertz CT molecular complexity index is 2510. The van der Waals surface area contributed by atoms with Crippen molar-refractivity contribution in [1.82, 2.24) is 0 Å². The van der Waals surface area contributed by atoms with Crippen molar-refractivity contribution in [2.45, 2.75) is 19.3 Å². The van der Waals surface area contributed by atoms with Gasteiger partial charge in [0.2, 0.25) is 0 Å². The minimum Gasteiger partial charge on any atom is -0.310 e. The van der Waals surface area contributed by atoms with Crippen molar-refractivity contribution in [3.05, 3.63) is 199 Å². The SMILES string of the molecule is CC1(C)c2ccccc2-c2ccc(N(c3ccc(-c4cccc(-c5ccc6ccccc6c5)c4)cc3)c3cccc(-c4ccccc4)c3)cc21. The lowest BCUT2D eigenvalue weighted by atomic mass is 9.82. The molecule has 50 heavy (non-hydrogen) atoms. The van der Waals surface area contributed by atoms with Crippen LogP contribution in [-0.2, 0) is 5.41 Å². The molecule has 1 heteroatoms. The molecule has 1 aliphatic rings. The molecule has 0 fully saturated rings. The van der Waals surface area contributed by atoms with Crippen LogP contribution in [0.2, 0.25) is 0 Å². The van der Waals surface area contributed by atoms with Crippen LogP contribution in [0.25, 0.3) is 55.3 Å². The monoisotopic (exact) mass is 639 g/mol. The molecule has 9 rings (SSSR count). The molecule has 0 atom stereocenters. The summed E-state index contributed by atoms with van der Waals surface area (Å²) < 4.78 is 0. The van der Waals surface area contributed by atoms with E-state index in [9.17, 15) is 0 Å². The molecule has 238 valence electrons. The molecule has 0 aliphatic heterocycles. The van der Waals surface area contributed by atoms with Crippen LogP contribution in [0, 0.1) is 0 Å². The van der Waals surface area contributed by atoms with Crippen molar-refractivity contribution >= 4 is 27.8 Å². The Morgan fingerprint density at radius 2 is 0.860 bits per heavy atom. The molecule has 0 heterocycles. The van der Waals surface area contributed by atoms with Crippen molar-refractivity contribution in [3.63, 3.8) is 0 Å². The van der Waals surface area contributed by atoms with E-state index in [0.717, 1.165) is 17.1 Å². The predicted molar refractivity (Wildman–Crippen MR) is 213 cm³/mol. The van der Waals surface area contributed by atoms with E-state index in [4.69, 9.17) is 0 Å². The quantitative estimate of drug-likeness (QED) is 0.175. The van der Waals surface area contributed by atoms with Gasteiger partial charge in [0.1, 0.15) is 0 Å². The van der Waals surface area contributed by atoms with Crippen molar-refractivity contribution in [2.24, 2.45) is 0 Å². The Balaban J connectivity index is 1.12. The first-order valence-corrected chi connectivity index (χ1v) is 17.4. The second-order valence-corrected chi connectivity index (χ2v) is 13.8. The minimum atomic E-state index is -0.0839. The highest BCUT2D eigenvalue weighted by molar-refractivity contribution is 5.89. The highest BCUT2D eigenvalue weighted by atomic mass is 15.1. The molecular weight excluding hydrogens is 603 g/mol. The molecule has 0 aromatic heterocycles. The number of anilines is 3. The van der Waals surface area contributed by atoms with E-state index in [-0.39, 0.29) is 5.41 Å². The van der Waals surface area contributed by atoms with Crippen LogP contribution in [-0.4, -0.2) is 0 Å². The zero-order valence-electron chi connectivity index (χ0n) is 28.3. The van der Waals surface area contributed by atoms with Crippen LogP contribution < -0.4 is 4.90 Å². The Kier molecular flexibility index (Phi) is 7.21. The standard InChI is InChI=1S/C49H37N/c1-49(2)47-21-9-8-20-45(47)46-29-28-44(33-48(46)49)50(43-19-11-18-40(32-43)34-12-4-3-5-13-34)42-26-24-36(25-27-42)38-16-10-17-39(30-38)41-23-22-35-14-6-7-15-37(35)31-41/h3-33H,1-2H3. The van der Waals surface area contributed by atoms with Crippen molar-refractivity contribution in [3.8, 4) is 44.5 Å². The highest BCUT2D eigenvalue weighted by Gasteiger charge is 2.35. The lowest BCUT2D eigenvalue weighted by Gasteiger charge is -2.28. The number of nitrogens with zero attached hydrogens (tertiary/aromatic N) is 1. The molecule has 0 N–H and O–H groups in total. The maximum atomic E-state index is 2.41. The average molecular weight is 640 g/mol. The smallest absolute Gasteiger partial charge is 0.0467 e. The van der Waals surface area contributed by atoms with Gasteiger partial charge < -0.3 is 4.90 Å². The van der Waals surface area contributed by atoms with Crippen molar-refractivity contribution in [1.29, 1.82) is 0 Å². The molecule has 0 bridgehead atoms. The average Bonchev–Trinajstić information content (AvgIpc) is 3.41. The van der Waals surface area contributed by atoms with Crippen LogP contribution >= 0.6 is 0 Å². The van der Waals surface area contributed by atoms with Crippen LogP contribution in [0.1, 0.15) is 25.0 Å². The molecule has 8 aromatic carbocycles. The fraction of sp³-hybridized carbons (Fsp3) is 0.0612. The summed E-state index contributed by atoms with van der Waals surface area (Å²) in [6, 6.07) is 68.6. The molecule has 1 nitrogen and oxygen atoms in total. The summed E-state index contributed by atoms with van der Waals surface area (Å²) in [7, 11) is 0. The molecular formula is C49H37N. The number of hydrogen-bond donors (Lipinski definition) is 0. The first-order valence-electron chi connectivity index (χ1n) is 17.4. The van der Waals surface area contributed by atoms with Gasteiger partial charge in [0.05, 0.1) is 0 Å². The molecule has 0 spiro atoms. The van der Waals surface area contributed by atoms with Crippen LogP contribution in [0.15, 0.2) is 188 Å². The number of benzene rings is 8. The molecule has 8 aromatic rings. The van der Waals surface area contributed by atoms with Gasteiger partial charge in [0, 0.05) is 22.5 Å². The topological polar surface area (TPSA) is 3.24 Å². The van der Waals surface area contributed by atoms with Gasteiger partial charge in [-0.1, -0.05) is 153 Å². The number of hydrogen-bond acceptors (Lipinski definition) is 1. The molecule has 0 unspecified atom stereocenters. The third kappa shape index (κ3) is 5.19. The zero-order chi connectivity index (χ0) is 33.7. The first-order chi connectivity index (χ1) is 24.5.